The number of para-hydroxylation sites is 1. The van der Waals surface area contributed by atoms with Gasteiger partial charge in [-0.2, -0.15) is 0 Å². The number of nitrogens with zero attached hydrogens (tertiary/aromatic N) is 3. The van der Waals surface area contributed by atoms with E-state index in [-0.39, 0.29) is 24.8 Å². The van der Waals surface area contributed by atoms with Crippen molar-refractivity contribution in [2.45, 2.75) is 12.8 Å². The first-order chi connectivity index (χ1) is 11.3. The third-order valence-corrected chi connectivity index (χ3v) is 5.11. The molecule has 2 saturated heterocycles. The van der Waals surface area contributed by atoms with Crippen LogP contribution in [0.4, 0.5) is 5.69 Å². The van der Waals surface area contributed by atoms with E-state index in [1.165, 1.54) is 5.69 Å². The van der Waals surface area contributed by atoms with Gasteiger partial charge in [0.1, 0.15) is 0 Å². The van der Waals surface area contributed by atoms with Crippen molar-refractivity contribution in [2.75, 3.05) is 57.3 Å². The molecule has 0 saturated carbocycles. The van der Waals surface area contributed by atoms with Gasteiger partial charge in [-0.25, -0.2) is 0 Å². The Labute approximate surface area is 163 Å². The van der Waals surface area contributed by atoms with Crippen LogP contribution in [0.15, 0.2) is 30.3 Å². The highest BCUT2D eigenvalue weighted by Crippen LogP contribution is 2.17. The van der Waals surface area contributed by atoms with E-state index in [9.17, 15) is 4.79 Å². The van der Waals surface area contributed by atoms with E-state index in [0.29, 0.717) is 24.8 Å². The Morgan fingerprint density at radius 3 is 2.32 bits per heavy atom. The molecule has 1 aromatic carbocycles. The average molecular weight is 389 g/mol. The van der Waals surface area contributed by atoms with Crippen molar-refractivity contribution in [1.29, 1.82) is 0 Å². The number of hydrogen-bond acceptors (Lipinski definition) is 4. The Hall–Kier alpha value is -1.01. The highest BCUT2D eigenvalue weighted by molar-refractivity contribution is 5.85. The molecular formula is C18H30Cl2N4O. The van der Waals surface area contributed by atoms with Crippen molar-refractivity contribution in [3.05, 3.63) is 30.3 Å². The summed E-state index contributed by atoms with van der Waals surface area (Å²) in [6.45, 7) is 7.48. The third-order valence-electron chi connectivity index (χ3n) is 5.11. The van der Waals surface area contributed by atoms with Crippen LogP contribution in [0.5, 0.6) is 0 Å². The largest absolute Gasteiger partial charge is 0.369 e. The molecule has 2 aliphatic rings. The fourth-order valence-corrected chi connectivity index (χ4v) is 3.53. The first-order valence-electron chi connectivity index (χ1n) is 8.76. The second kappa shape index (κ2) is 10.9. The van der Waals surface area contributed by atoms with Gasteiger partial charge in [-0.05, 0) is 31.0 Å². The van der Waals surface area contributed by atoms with Gasteiger partial charge in [0.25, 0.3) is 0 Å². The van der Waals surface area contributed by atoms with Crippen LogP contribution in [0, 0.1) is 5.92 Å². The number of benzene rings is 1. The summed E-state index contributed by atoms with van der Waals surface area (Å²) in [6.07, 6.45) is 1.71. The number of carbonyl (C=O) groups is 1. The molecule has 7 heteroatoms. The third kappa shape index (κ3) is 6.03. The van der Waals surface area contributed by atoms with E-state index in [1.807, 2.05) is 4.90 Å². The highest BCUT2D eigenvalue weighted by atomic mass is 35.5. The maximum Gasteiger partial charge on any atom is 0.223 e. The molecule has 2 heterocycles. The molecule has 1 amide bonds. The monoisotopic (exact) mass is 388 g/mol. The zero-order chi connectivity index (χ0) is 16.1. The van der Waals surface area contributed by atoms with Crippen LogP contribution in [-0.4, -0.2) is 68.1 Å². The Balaban J connectivity index is 0.00000156. The first kappa shape index (κ1) is 22.0. The van der Waals surface area contributed by atoms with Gasteiger partial charge < -0.3 is 15.5 Å². The number of hydrogen-bond donors (Lipinski definition) is 1. The normalized spacial score (nSPS) is 20.8. The molecule has 0 aromatic heterocycles. The SMILES string of the molecule is Cl.Cl.NCC1CCN(C(=O)CCN2CCN(c3ccccc3)CC2)C1. The Bertz CT molecular complexity index is 509. The number of amides is 1. The van der Waals surface area contributed by atoms with Gasteiger partial charge in [-0.15, -0.1) is 24.8 Å². The van der Waals surface area contributed by atoms with Crippen molar-refractivity contribution in [3.63, 3.8) is 0 Å². The number of anilines is 1. The maximum atomic E-state index is 12.3. The van der Waals surface area contributed by atoms with E-state index in [2.05, 4.69) is 40.1 Å². The molecular weight excluding hydrogens is 359 g/mol. The van der Waals surface area contributed by atoms with Crippen LogP contribution in [0.25, 0.3) is 0 Å². The van der Waals surface area contributed by atoms with Crippen molar-refractivity contribution in [2.24, 2.45) is 11.7 Å². The number of rotatable bonds is 5. The summed E-state index contributed by atoms with van der Waals surface area (Å²) in [5.74, 6) is 0.805. The minimum atomic E-state index is 0. The van der Waals surface area contributed by atoms with Crippen LogP contribution >= 0.6 is 24.8 Å². The topological polar surface area (TPSA) is 52.8 Å². The van der Waals surface area contributed by atoms with Gasteiger partial charge in [-0.3, -0.25) is 9.69 Å². The number of carbonyl (C=O) groups excluding carboxylic acids is 1. The van der Waals surface area contributed by atoms with Gasteiger partial charge in [0, 0.05) is 57.9 Å². The van der Waals surface area contributed by atoms with Crippen molar-refractivity contribution in [1.82, 2.24) is 9.80 Å². The average Bonchev–Trinajstić information content (AvgIpc) is 3.10. The van der Waals surface area contributed by atoms with E-state index >= 15 is 0 Å². The quantitative estimate of drug-likeness (QED) is 0.835. The summed E-state index contributed by atoms with van der Waals surface area (Å²) in [5, 5.41) is 0. The van der Waals surface area contributed by atoms with E-state index in [0.717, 1.165) is 52.2 Å². The lowest BCUT2D eigenvalue weighted by atomic mass is 10.1. The molecule has 1 atom stereocenters. The zero-order valence-corrected chi connectivity index (χ0v) is 16.3. The second-order valence-corrected chi connectivity index (χ2v) is 6.64. The standard InChI is InChI=1S/C18H28N4O.2ClH/c19-14-16-6-9-22(15-16)18(23)7-8-20-10-12-21(13-11-20)17-4-2-1-3-5-17;;/h1-5,16H,6-15,19H2;2*1H. The lowest BCUT2D eigenvalue weighted by Gasteiger charge is -2.36. The highest BCUT2D eigenvalue weighted by Gasteiger charge is 2.25. The molecule has 25 heavy (non-hydrogen) atoms. The summed E-state index contributed by atoms with van der Waals surface area (Å²) >= 11 is 0. The number of likely N-dealkylation sites (tertiary alicyclic amines) is 1. The lowest BCUT2D eigenvalue weighted by Crippen LogP contribution is -2.47. The van der Waals surface area contributed by atoms with Gasteiger partial charge in [0.15, 0.2) is 0 Å². The zero-order valence-electron chi connectivity index (χ0n) is 14.7. The smallest absolute Gasteiger partial charge is 0.223 e. The minimum Gasteiger partial charge on any atom is -0.369 e. The van der Waals surface area contributed by atoms with Crippen LogP contribution in [0.1, 0.15) is 12.8 Å². The molecule has 2 aliphatic heterocycles. The molecule has 2 fully saturated rings. The molecule has 0 aliphatic carbocycles. The van der Waals surface area contributed by atoms with Crippen molar-refractivity contribution in [3.8, 4) is 0 Å². The summed E-state index contributed by atoms with van der Waals surface area (Å²) in [4.78, 5) is 19.1. The molecule has 3 rings (SSSR count). The summed E-state index contributed by atoms with van der Waals surface area (Å²) in [7, 11) is 0. The predicted octanol–water partition coefficient (Wildman–Crippen LogP) is 1.85. The molecule has 0 radical (unpaired) electrons. The number of halogens is 2. The Kier molecular flexibility index (Phi) is 9.57. The molecule has 1 aromatic rings. The van der Waals surface area contributed by atoms with Gasteiger partial charge in [0.2, 0.25) is 5.91 Å². The van der Waals surface area contributed by atoms with Crippen LogP contribution in [0.2, 0.25) is 0 Å². The molecule has 142 valence electrons. The summed E-state index contributed by atoms with van der Waals surface area (Å²) in [6, 6.07) is 10.6. The number of piperazine rings is 1. The minimum absolute atomic E-state index is 0. The van der Waals surface area contributed by atoms with Crippen LogP contribution < -0.4 is 10.6 Å². The summed E-state index contributed by atoms with van der Waals surface area (Å²) in [5.41, 5.74) is 7.00. The van der Waals surface area contributed by atoms with E-state index in [1.54, 1.807) is 0 Å². The second-order valence-electron chi connectivity index (χ2n) is 6.64. The number of nitrogens with two attached hydrogens (primary N) is 1. The molecule has 0 spiro atoms. The van der Waals surface area contributed by atoms with Crippen LogP contribution in [0.3, 0.4) is 0 Å². The van der Waals surface area contributed by atoms with Crippen LogP contribution in [-0.2, 0) is 4.79 Å². The molecule has 1 unspecified atom stereocenters. The fraction of sp³-hybridized carbons (Fsp3) is 0.611. The fourth-order valence-electron chi connectivity index (χ4n) is 3.53. The molecule has 5 nitrogen and oxygen atoms in total. The molecule has 0 bridgehead atoms. The molecule has 2 N–H and O–H groups in total. The van der Waals surface area contributed by atoms with Gasteiger partial charge >= 0.3 is 0 Å². The first-order valence-corrected chi connectivity index (χ1v) is 8.76. The van der Waals surface area contributed by atoms with E-state index in [4.69, 9.17) is 5.73 Å². The van der Waals surface area contributed by atoms with E-state index < -0.39 is 0 Å². The Morgan fingerprint density at radius 1 is 1.04 bits per heavy atom. The Morgan fingerprint density at radius 2 is 1.72 bits per heavy atom. The van der Waals surface area contributed by atoms with Gasteiger partial charge in [-0.1, -0.05) is 18.2 Å². The lowest BCUT2D eigenvalue weighted by molar-refractivity contribution is -0.130. The van der Waals surface area contributed by atoms with Crippen molar-refractivity contribution >= 4 is 36.4 Å². The van der Waals surface area contributed by atoms with Gasteiger partial charge in [0.05, 0.1) is 0 Å². The summed E-state index contributed by atoms with van der Waals surface area (Å²) < 4.78 is 0. The van der Waals surface area contributed by atoms with Crippen molar-refractivity contribution < 1.29 is 4.79 Å². The maximum absolute atomic E-state index is 12.3. The predicted molar refractivity (Wildman–Crippen MR) is 108 cm³/mol.